The second-order valence-electron chi connectivity index (χ2n) is 5.22. The predicted molar refractivity (Wildman–Crippen MR) is 90.7 cm³/mol. The van der Waals surface area contributed by atoms with Gasteiger partial charge in [-0.25, -0.2) is 4.79 Å². The first-order chi connectivity index (χ1) is 11.8. The van der Waals surface area contributed by atoms with Crippen molar-refractivity contribution in [2.45, 2.75) is 30.5 Å². The lowest BCUT2D eigenvalue weighted by molar-refractivity contribution is -0.384. The average Bonchev–Trinajstić information content (AvgIpc) is 2.94. The Morgan fingerprint density at radius 1 is 1.36 bits per heavy atom. The van der Waals surface area contributed by atoms with Crippen LogP contribution in [0.5, 0.6) is 0 Å². The van der Waals surface area contributed by atoms with Crippen molar-refractivity contribution in [3.63, 3.8) is 0 Å². The van der Waals surface area contributed by atoms with Crippen molar-refractivity contribution in [1.29, 1.82) is 0 Å². The van der Waals surface area contributed by atoms with E-state index in [4.69, 9.17) is 9.52 Å². The fourth-order valence-corrected chi connectivity index (χ4v) is 2.96. The number of hydrogen-bond donors (Lipinski definition) is 2. The number of rotatable bonds is 7. The predicted octanol–water partition coefficient (Wildman–Crippen LogP) is 2.99. The van der Waals surface area contributed by atoms with Crippen LogP contribution >= 0.6 is 11.8 Å². The lowest BCUT2D eigenvalue weighted by Crippen LogP contribution is -2.30. The van der Waals surface area contributed by atoms with E-state index in [0.717, 1.165) is 4.90 Å². The van der Waals surface area contributed by atoms with E-state index in [9.17, 15) is 19.7 Å². The molecule has 0 saturated carbocycles. The Hall–Kier alpha value is -2.81. The van der Waals surface area contributed by atoms with E-state index < -0.39 is 16.1 Å². The molecule has 0 fully saturated rings. The van der Waals surface area contributed by atoms with Crippen molar-refractivity contribution in [2.75, 3.05) is 0 Å². The zero-order chi connectivity index (χ0) is 18.6. The van der Waals surface area contributed by atoms with Gasteiger partial charge < -0.3 is 14.8 Å². The summed E-state index contributed by atoms with van der Waals surface area (Å²) in [6.45, 7) is 3.33. The fraction of sp³-hybridized carbons (Fsp3) is 0.250. The molecule has 1 amide bonds. The highest BCUT2D eigenvalue weighted by molar-refractivity contribution is 8.00. The smallest absolute Gasteiger partial charge is 0.339 e. The fourth-order valence-electron chi connectivity index (χ4n) is 2.07. The van der Waals surface area contributed by atoms with E-state index >= 15 is 0 Å². The first-order valence-corrected chi connectivity index (χ1v) is 8.17. The molecule has 2 aromatic rings. The van der Waals surface area contributed by atoms with Crippen molar-refractivity contribution >= 4 is 29.3 Å². The number of nitro groups is 1. The molecule has 0 aliphatic carbocycles. The molecule has 0 spiro atoms. The van der Waals surface area contributed by atoms with Crippen molar-refractivity contribution in [3.8, 4) is 0 Å². The van der Waals surface area contributed by atoms with Crippen molar-refractivity contribution in [3.05, 3.63) is 57.5 Å². The Kier molecular flexibility index (Phi) is 5.81. The molecule has 0 radical (unpaired) electrons. The molecule has 0 bridgehead atoms. The van der Waals surface area contributed by atoms with Gasteiger partial charge in [0.05, 0.1) is 16.7 Å². The summed E-state index contributed by atoms with van der Waals surface area (Å²) in [5.41, 5.74) is 0.0569. The summed E-state index contributed by atoms with van der Waals surface area (Å²) in [6.07, 6.45) is 0. The Bertz CT molecular complexity index is 799. The monoisotopic (exact) mass is 364 g/mol. The number of nitro benzene ring substituents is 1. The maximum absolute atomic E-state index is 12.1. The van der Waals surface area contributed by atoms with Gasteiger partial charge in [-0.05, 0) is 32.0 Å². The standard InChI is InChI=1S/C16H16N2O6S/c1-9-14(16(20)21)7-12(24-9)8-17-15(19)10(2)25-13-5-3-11(4-6-13)18(22)23/h3-7,10H,8H2,1-2H3,(H,17,19)(H,20,21). The lowest BCUT2D eigenvalue weighted by atomic mass is 10.2. The van der Waals surface area contributed by atoms with Crippen LogP contribution < -0.4 is 5.32 Å². The van der Waals surface area contributed by atoms with Gasteiger partial charge in [0.15, 0.2) is 0 Å². The molecule has 0 aliphatic rings. The summed E-state index contributed by atoms with van der Waals surface area (Å²) in [5, 5.41) is 21.8. The largest absolute Gasteiger partial charge is 0.478 e. The van der Waals surface area contributed by atoms with Gasteiger partial charge in [-0.1, -0.05) is 0 Å². The number of carboxylic acids is 1. The minimum absolute atomic E-state index is 0.0103. The first kappa shape index (κ1) is 18.5. The van der Waals surface area contributed by atoms with Gasteiger partial charge in [-0.3, -0.25) is 14.9 Å². The van der Waals surface area contributed by atoms with Crippen molar-refractivity contribution < 1.29 is 24.0 Å². The zero-order valence-corrected chi connectivity index (χ0v) is 14.3. The van der Waals surface area contributed by atoms with Gasteiger partial charge in [0, 0.05) is 17.0 Å². The number of amides is 1. The zero-order valence-electron chi connectivity index (χ0n) is 13.5. The third-order valence-corrected chi connectivity index (χ3v) is 4.48. The minimum atomic E-state index is -1.08. The number of carbonyl (C=O) groups excluding carboxylic acids is 1. The molecule has 9 heteroatoms. The molecule has 2 rings (SSSR count). The van der Waals surface area contributed by atoms with Gasteiger partial charge in [0.1, 0.15) is 17.1 Å². The highest BCUT2D eigenvalue weighted by Gasteiger charge is 2.17. The van der Waals surface area contributed by atoms with Crippen molar-refractivity contribution in [1.82, 2.24) is 5.32 Å². The van der Waals surface area contributed by atoms with Crippen LogP contribution in [0.2, 0.25) is 0 Å². The summed E-state index contributed by atoms with van der Waals surface area (Å²) >= 11 is 1.26. The molecule has 1 atom stereocenters. The van der Waals surface area contributed by atoms with Crippen LogP contribution in [0.1, 0.15) is 28.8 Å². The van der Waals surface area contributed by atoms with E-state index in [1.165, 1.54) is 30.0 Å². The highest BCUT2D eigenvalue weighted by Crippen LogP contribution is 2.25. The maximum atomic E-state index is 12.1. The molecule has 1 heterocycles. The van der Waals surface area contributed by atoms with Crippen LogP contribution in [-0.2, 0) is 11.3 Å². The summed E-state index contributed by atoms with van der Waals surface area (Å²) in [7, 11) is 0. The van der Waals surface area contributed by atoms with Crippen LogP contribution in [0, 0.1) is 17.0 Å². The maximum Gasteiger partial charge on any atom is 0.339 e. The highest BCUT2D eigenvalue weighted by atomic mass is 32.2. The number of carboxylic acid groups (broad SMARTS) is 1. The minimum Gasteiger partial charge on any atom is -0.478 e. The SMILES string of the molecule is Cc1oc(CNC(=O)C(C)Sc2ccc([N+](=O)[O-])cc2)cc1C(=O)O. The van der Waals surface area contributed by atoms with Crippen LogP contribution in [0.4, 0.5) is 5.69 Å². The van der Waals surface area contributed by atoms with E-state index in [0.29, 0.717) is 5.76 Å². The summed E-state index contributed by atoms with van der Waals surface area (Å²) in [5.74, 6) is -0.698. The number of nitrogens with one attached hydrogen (secondary N) is 1. The Morgan fingerprint density at radius 2 is 2.00 bits per heavy atom. The molecule has 132 valence electrons. The summed E-state index contributed by atoms with van der Waals surface area (Å²) < 4.78 is 5.29. The lowest BCUT2D eigenvalue weighted by Gasteiger charge is -2.11. The molecular formula is C16H16N2O6S. The molecule has 0 saturated heterocycles. The van der Waals surface area contributed by atoms with E-state index in [2.05, 4.69) is 5.32 Å². The Morgan fingerprint density at radius 3 is 2.52 bits per heavy atom. The van der Waals surface area contributed by atoms with Crippen LogP contribution in [-0.4, -0.2) is 27.2 Å². The molecule has 1 aromatic heterocycles. The Labute approximate surface area is 147 Å². The van der Waals surface area contributed by atoms with Crippen LogP contribution in [0.15, 0.2) is 39.6 Å². The van der Waals surface area contributed by atoms with E-state index in [1.807, 2.05) is 0 Å². The van der Waals surface area contributed by atoms with Crippen molar-refractivity contribution in [2.24, 2.45) is 0 Å². The average molecular weight is 364 g/mol. The molecule has 2 N–H and O–H groups in total. The third-order valence-electron chi connectivity index (χ3n) is 3.37. The molecular weight excluding hydrogens is 348 g/mol. The molecule has 1 aromatic carbocycles. The Balaban J connectivity index is 1.90. The molecule has 8 nitrogen and oxygen atoms in total. The number of benzene rings is 1. The van der Waals surface area contributed by atoms with Gasteiger partial charge in [0.25, 0.3) is 5.69 Å². The van der Waals surface area contributed by atoms with E-state index in [-0.39, 0.29) is 29.5 Å². The third kappa shape index (κ3) is 4.83. The number of non-ortho nitro benzene ring substituents is 1. The first-order valence-electron chi connectivity index (χ1n) is 7.29. The summed E-state index contributed by atoms with van der Waals surface area (Å²) in [6, 6.07) is 7.31. The number of carbonyl (C=O) groups is 2. The van der Waals surface area contributed by atoms with Crippen LogP contribution in [0.3, 0.4) is 0 Å². The second-order valence-corrected chi connectivity index (χ2v) is 6.63. The quantitative estimate of drug-likeness (QED) is 0.440. The summed E-state index contributed by atoms with van der Waals surface area (Å²) in [4.78, 5) is 33.9. The molecule has 25 heavy (non-hydrogen) atoms. The topological polar surface area (TPSA) is 123 Å². The number of hydrogen-bond acceptors (Lipinski definition) is 6. The van der Waals surface area contributed by atoms with Gasteiger partial charge >= 0.3 is 5.97 Å². The number of thioether (sulfide) groups is 1. The number of furan rings is 1. The second kappa shape index (κ2) is 7.84. The number of nitrogens with zero attached hydrogens (tertiary/aromatic N) is 1. The number of aryl methyl sites for hydroxylation is 1. The van der Waals surface area contributed by atoms with Crippen LogP contribution in [0.25, 0.3) is 0 Å². The normalized spacial score (nSPS) is 11.8. The van der Waals surface area contributed by atoms with Gasteiger partial charge in [0.2, 0.25) is 5.91 Å². The van der Waals surface area contributed by atoms with Gasteiger partial charge in [-0.15, -0.1) is 11.8 Å². The van der Waals surface area contributed by atoms with Gasteiger partial charge in [-0.2, -0.15) is 0 Å². The number of aromatic carboxylic acids is 1. The molecule has 1 unspecified atom stereocenters. The molecule has 0 aliphatic heterocycles. The van der Waals surface area contributed by atoms with E-state index in [1.54, 1.807) is 26.0 Å².